The third kappa shape index (κ3) is 3.31. The molecule has 1 N–H and O–H groups in total. The van der Waals surface area contributed by atoms with E-state index in [2.05, 4.69) is 10.4 Å². The van der Waals surface area contributed by atoms with Crippen molar-refractivity contribution in [3.8, 4) is 0 Å². The number of rotatable bonds is 5. The number of aromatic nitrogens is 3. The van der Waals surface area contributed by atoms with Gasteiger partial charge in [-0.3, -0.25) is 9.59 Å². The van der Waals surface area contributed by atoms with Gasteiger partial charge < -0.3 is 9.88 Å². The van der Waals surface area contributed by atoms with Crippen molar-refractivity contribution in [2.24, 2.45) is 7.05 Å². The number of amides is 1. The Morgan fingerprint density at radius 1 is 1.10 bits per heavy atom. The summed E-state index contributed by atoms with van der Waals surface area (Å²) in [6, 6.07) is 15.4. The molecule has 4 rings (SSSR count). The number of benzene rings is 2. The van der Waals surface area contributed by atoms with E-state index < -0.39 is 6.04 Å². The molecule has 2 heterocycles. The van der Waals surface area contributed by atoms with Crippen molar-refractivity contribution in [2.75, 3.05) is 0 Å². The molecule has 29 heavy (non-hydrogen) atoms. The van der Waals surface area contributed by atoms with E-state index in [0.717, 1.165) is 21.9 Å². The Kier molecular flexibility index (Phi) is 4.92. The summed E-state index contributed by atoms with van der Waals surface area (Å²) < 4.78 is 3.19. The zero-order valence-electron chi connectivity index (χ0n) is 16.8. The highest BCUT2D eigenvalue weighted by atomic mass is 16.2. The number of nitrogens with zero attached hydrogens (tertiary/aromatic N) is 3. The minimum atomic E-state index is -0.488. The highest BCUT2D eigenvalue weighted by Crippen LogP contribution is 2.30. The highest BCUT2D eigenvalue weighted by molar-refractivity contribution is 6.08. The number of para-hydroxylation sites is 1. The molecular formula is C23H24N4O2. The molecule has 1 atom stereocenters. The smallest absolute Gasteiger partial charge is 0.291 e. The minimum absolute atomic E-state index is 0.102. The van der Waals surface area contributed by atoms with Gasteiger partial charge in [0.25, 0.3) is 5.56 Å². The number of nitrogens with one attached hydrogen (secondary N) is 1. The van der Waals surface area contributed by atoms with Crippen molar-refractivity contribution in [1.29, 1.82) is 0 Å². The fourth-order valence-electron chi connectivity index (χ4n) is 3.81. The SMILES string of the molecule is CC[C@H](C(=O)NCc1ccc(C)cc1)n1c2ccccc2c2cnn(C)c(=O)c21. The van der Waals surface area contributed by atoms with E-state index in [-0.39, 0.29) is 11.5 Å². The number of hydrogen-bond acceptors (Lipinski definition) is 3. The van der Waals surface area contributed by atoms with Gasteiger partial charge in [0.15, 0.2) is 0 Å². The van der Waals surface area contributed by atoms with Crippen LogP contribution < -0.4 is 10.9 Å². The van der Waals surface area contributed by atoms with E-state index in [1.165, 1.54) is 10.2 Å². The van der Waals surface area contributed by atoms with Gasteiger partial charge >= 0.3 is 0 Å². The first-order chi connectivity index (χ1) is 14.0. The van der Waals surface area contributed by atoms with Gasteiger partial charge in [0.2, 0.25) is 5.91 Å². The molecule has 6 heteroatoms. The molecule has 1 amide bonds. The van der Waals surface area contributed by atoms with E-state index in [9.17, 15) is 9.59 Å². The lowest BCUT2D eigenvalue weighted by Gasteiger charge is -2.19. The van der Waals surface area contributed by atoms with Crippen molar-refractivity contribution < 1.29 is 4.79 Å². The summed E-state index contributed by atoms with van der Waals surface area (Å²) in [4.78, 5) is 26.1. The van der Waals surface area contributed by atoms with E-state index in [1.54, 1.807) is 13.2 Å². The van der Waals surface area contributed by atoms with Gasteiger partial charge in [-0.05, 0) is 25.0 Å². The van der Waals surface area contributed by atoms with Gasteiger partial charge in [-0.25, -0.2) is 4.68 Å². The van der Waals surface area contributed by atoms with Crippen molar-refractivity contribution in [2.45, 2.75) is 32.9 Å². The zero-order valence-corrected chi connectivity index (χ0v) is 16.8. The Labute approximate surface area is 168 Å². The highest BCUT2D eigenvalue weighted by Gasteiger charge is 2.25. The summed E-state index contributed by atoms with van der Waals surface area (Å²) in [5.74, 6) is -0.102. The quantitative estimate of drug-likeness (QED) is 0.569. The molecule has 0 saturated heterocycles. The van der Waals surface area contributed by atoms with Gasteiger partial charge in [0.05, 0.1) is 11.7 Å². The lowest BCUT2D eigenvalue weighted by Crippen LogP contribution is -2.33. The Balaban J connectivity index is 1.78. The van der Waals surface area contributed by atoms with E-state index in [1.807, 2.05) is 66.9 Å². The number of carbonyl (C=O) groups excluding carboxylic acids is 1. The molecule has 0 unspecified atom stereocenters. The standard InChI is InChI=1S/C23H24N4O2/c1-4-19(22(28)24-13-16-11-9-15(2)10-12-16)27-20-8-6-5-7-17(20)18-14-25-26(3)23(29)21(18)27/h5-12,14,19H,4,13H2,1-3H3,(H,24,28)/t19-/m1/s1. The molecule has 0 aliphatic heterocycles. The predicted octanol–water partition coefficient (Wildman–Crippen LogP) is 3.46. The van der Waals surface area contributed by atoms with Gasteiger partial charge in [-0.2, -0.15) is 5.10 Å². The predicted molar refractivity (Wildman–Crippen MR) is 115 cm³/mol. The summed E-state index contributed by atoms with van der Waals surface area (Å²) >= 11 is 0. The molecule has 0 aliphatic rings. The molecule has 0 aliphatic carbocycles. The van der Waals surface area contributed by atoms with Crippen LogP contribution in [0.3, 0.4) is 0 Å². The fourth-order valence-corrected chi connectivity index (χ4v) is 3.81. The first-order valence-electron chi connectivity index (χ1n) is 9.79. The third-order valence-corrected chi connectivity index (χ3v) is 5.39. The maximum atomic E-state index is 13.1. The number of carbonyl (C=O) groups is 1. The molecule has 0 bridgehead atoms. The molecule has 0 radical (unpaired) electrons. The van der Waals surface area contributed by atoms with Crippen LogP contribution in [0.5, 0.6) is 0 Å². The monoisotopic (exact) mass is 388 g/mol. The van der Waals surface area contributed by atoms with Crippen LogP contribution in [-0.4, -0.2) is 20.3 Å². The van der Waals surface area contributed by atoms with Crippen LogP contribution in [0.2, 0.25) is 0 Å². The van der Waals surface area contributed by atoms with Crippen molar-refractivity contribution in [1.82, 2.24) is 19.7 Å². The first-order valence-corrected chi connectivity index (χ1v) is 9.79. The van der Waals surface area contributed by atoms with E-state index in [4.69, 9.17) is 0 Å². The Morgan fingerprint density at radius 2 is 1.83 bits per heavy atom. The van der Waals surface area contributed by atoms with Crippen LogP contribution >= 0.6 is 0 Å². The molecular weight excluding hydrogens is 364 g/mol. The molecule has 4 aromatic rings. The number of hydrogen-bond donors (Lipinski definition) is 1. The normalized spacial score (nSPS) is 12.4. The average molecular weight is 388 g/mol. The number of aryl methyl sites for hydroxylation is 2. The molecule has 6 nitrogen and oxygen atoms in total. The van der Waals surface area contributed by atoms with Crippen molar-refractivity contribution in [3.05, 3.63) is 76.2 Å². The molecule has 0 spiro atoms. The van der Waals surface area contributed by atoms with E-state index >= 15 is 0 Å². The Hall–Kier alpha value is -3.41. The molecule has 2 aromatic carbocycles. The second-order valence-electron chi connectivity index (χ2n) is 7.35. The Bertz CT molecular complexity index is 1250. The fraction of sp³-hybridized carbons (Fsp3) is 0.261. The summed E-state index contributed by atoms with van der Waals surface area (Å²) in [6.07, 6.45) is 2.27. The van der Waals surface area contributed by atoms with Crippen LogP contribution in [0, 0.1) is 6.92 Å². The molecule has 0 fully saturated rings. The largest absolute Gasteiger partial charge is 0.350 e. The maximum absolute atomic E-state index is 13.1. The second kappa shape index (κ2) is 7.54. The van der Waals surface area contributed by atoms with Gasteiger partial charge in [-0.15, -0.1) is 0 Å². The van der Waals surface area contributed by atoms with Crippen molar-refractivity contribution >= 4 is 27.7 Å². The summed E-state index contributed by atoms with van der Waals surface area (Å²) in [5.41, 5.74) is 3.40. The molecule has 0 saturated carbocycles. The number of fused-ring (bicyclic) bond motifs is 3. The van der Waals surface area contributed by atoms with Crippen LogP contribution in [-0.2, 0) is 18.4 Å². The minimum Gasteiger partial charge on any atom is -0.350 e. The zero-order chi connectivity index (χ0) is 20.5. The first kappa shape index (κ1) is 18.9. The van der Waals surface area contributed by atoms with Crippen LogP contribution in [0.4, 0.5) is 0 Å². The third-order valence-electron chi connectivity index (χ3n) is 5.39. The Morgan fingerprint density at radius 3 is 2.55 bits per heavy atom. The van der Waals surface area contributed by atoms with Gasteiger partial charge in [0, 0.05) is 24.4 Å². The summed E-state index contributed by atoms with van der Waals surface area (Å²) in [6.45, 7) is 4.45. The van der Waals surface area contributed by atoms with Crippen LogP contribution in [0.1, 0.15) is 30.5 Å². The van der Waals surface area contributed by atoms with Crippen LogP contribution in [0.15, 0.2) is 59.5 Å². The lowest BCUT2D eigenvalue weighted by molar-refractivity contribution is -0.124. The van der Waals surface area contributed by atoms with Crippen molar-refractivity contribution in [3.63, 3.8) is 0 Å². The summed E-state index contributed by atoms with van der Waals surface area (Å²) in [7, 11) is 1.63. The van der Waals surface area contributed by atoms with Gasteiger partial charge in [0.1, 0.15) is 11.6 Å². The van der Waals surface area contributed by atoms with E-state index in [0.29, 0.717) is 18.5 Å². The second-order valence-corrected chi connectivity index (χ2v) is 7.35. The molecule has 148 valence electrons. The van der Waals surface area contributed by atoms with Gasteiger partial charge in [-0.1, -0.05) is 55.0 Å². The topological polar surface area (TPSA) is 68.9 Å². The average Bonchev–Trinajstić information content (AvgIpc) is 3.06. The summed E-state index contributed by atoms with van der Waals surface area (Å²) in [5, 5.41) is 8.91. The molecule has 2 aromatic heterocycles. The maximum Gasteiger partial charge on any atom is 0.291 e. The lowest BCUT2D eigenvalue weighted by atomic mass is 10.1. The van der Waals surface area contributed by atoms with Crippen LogP contribution in [0.25, 0.3) is 21.8 Å².